The molecule has 0 aliphatic carbocycles. The molecule has 3 aromatic rings. The number of carbonyl (C=O) groups is 1. The van der Waals surface area contributed by atoms with Crippen molar-refractivity contribution in [1.82, 2.24) is 20.1 Å². The summed E-state index contributed by atoms with van der Waals surface area (Å²) in [5.41, 5.74) is 3.24. The van der Waals surface area contributed by atoms with Crippen molar-refractivity contribution in [2.45, 2.75) is 37.1 Å². The van der Waals surface area contributed by atoms with E-state index >= 15 is 0 Å². The molecule has 0 aliphatic rings. The number of rotatable bonds is 10. The van der Waals surface area contributed by atoms with E-state index in [1.807, 2.05) is 16.7 Å². The van der Waals surface area contributed by atoms with E-state index in [1.165, 1.54) is 23.3 Å². The zero-order valence-corrected chi connectivity index (χ0v) is 17.8. The first-order chi connectivity index (χ1) is 14.6. The number of carbonyl (C=O) groups excluding carboxylic acids is 1. The van der Waals surface area contributed by atoms with Gasteiger partial charge in [-0.3, -0.25) is 9.36 Å². The largest absolute Gasteiger partial charge is 0.356 e. The summed E-state index contributed by atoms with van der Waals surface area (Å²) in [4.78, 5) is 11.8. The summed E-state index contributed by atoms with van der Waals surface area (Å²) in [5.74, 6) is 1.16. The summed E-state index contributed by atoms with van der Waals surface area (Å²) in [6.07, 6.45) is 3.32. The first kappa shape index (κ1) is 21.8. The number of thioether (sulfide) groups is 1. The lowest BCUT2D eigenvalue weighted by Crippen LogP contribution is -2.26. The molecule has 1 heterocycles. The zero-order valence-electron chi connectivity index (χ0n) is 17.0. The van der Waals surface area contributed by atoms with Crippen LogP contribution in [0, 0.1) is 12.7 Å². The molecule has 7 heteroatoms. The molecule has 1 aromatic heterocycles. The number of halogens is 1. The molecule has 0 unspecified atom stereocenters. The van der Waals surface area contributed by atoms with Crippen LogP contribution in [0.5, 0.6) is 0 Å². The van der Waals surface area contributed by atoms with Gasteiger partial charge < -0.3 is 5.32 Å². The highest BCUT2D eigenvalue weighted by Crippen LogP contribution is 2.26. The molecule has 0 saturated carbocycles. The molecule has 156 valence electrons. The van der Waals surface area contributed by atoms with Crippen molar-refractivity contribution in [2.75, 3.05) is 6.54 Å². The Morgan fingerprint density at radius 2 is 1.97 bits per heavy atom. The predicted octanol–water partition coefficient (Wildman–Crippen LogP) is 4.63. The standard InChI is InChI=1S/C23H25FN4OS/c1-3-4-9-22(29)25-15-14-21-26-27-23(28(21)20-12-10-19(24)11-13-20)30-16-18-8-6-5-7-17(18)2/h3,5-8,10-13H,1,4,9,14-16H2,2H3,(H,25,29). The lowest BCUT2D eigenvalue weighted by molar-refractivity contribution is -0.120. The quantitative estimate of drug-likeness (QED) is 0.381. The van der Waals surface area contributed by atoms with E-state index in [9.17, 15) is 9.18 Å². The number of hydrogen-bond acceptors (Lipinski definition) is 4. The summed E-state index contributed by atoms with van der Waals surface area (Å²) in [7, 11) is 0. The maximum absolute atomic E-state index is 13.4. The fourth-order valence-electron chi connectivity index (χ4n) is 2.95. The van der Waals surface area contributed by atoms with Gasteiger partial charge in [0, 0.05) is 30.8 Å². The maximum Gasteiger partial charge on any atom is 0.220 e. The Bertz CT molecular complexity index is 1000. The van der Waals surface area contributed by atoms with Gasteiger partial charge in [0.15, 0.2) is 5.16 Å². The summed E-state index contributed by atoms with van der Waals surface area (Å²) in [6.45, 7) is 6.17. The number of benzene rings is 2. The summed E-state index contributed by atoms with van der Waals surface area (Å²) in [5, 5.41) is 12.3. The van der Waals surface area contributed by atoms with Gasteiger partial charge in [0.25, 0.3) is 0 Å². The molecule has 0 spiro atoms. The lowest BCUT2D eigenvalue weighted by Gasteiger charge is -2.11. The molecule has 30 heavy (non-hydrogen) atoms. The van der Waals surface area contributed by atoms with Crippen molar-refractivity contribution >= 4 is 17.7 Å². The third-order valence-corrected chi connectivity index (χ3v) is 5.63. The van der Waals surface area contributed by atoms with Crippen molar-refractivity contribution < 1.29 is 9.18 Å². The Kier molecular flexibility index (Phi) is 7.79. The highest BCUT2D eigenvalue weighted by molar-refractivity contribution is 7.98. The van der Waals surface area contributed by atoms with Crippen molar-refractivity contribution in [3.63, 3.8) is 0 Å². The second-order valence-corrected chi connectivity index (χ2v) is 7.80. The van der Waals surface area contributed by atoms with Crippen molar-refractivity contribution in [1.29, 1.82) is 0 Å². The van der Waals surface area contributed by atoms with Crippen LogP contribution in [0.15, 0.2) is 66.3 Å². The van der Waals surface area contributed by atoms with Gasteiger partial charge in [-0.15, -0.1) is 16.8 Å². The van der Waals surface area contributed by atoms with Crippen LogP contribution in [-0.2, 0) is 17.0 Å². The summed E-state index contributed by atoms with van der Waals surface area (Å²) >= 11 is 1.58. The topological polar surface area (TPSA) is 59.8 Å². The average Bonchev–Trinajstić information content (AvgIpc) is 3.15. The lowest BCUT2D eigenvalue weighted by atomic mass is 10.1. The molecule has 0 bridgehead atoms. The van der Waals surface area contributed by atoms with E-state index in [1.54, 1.807) is 30.0 Å². The number of hydrogen-bond donors (Lipinski definition) is 1. The van der Waals surface area contributed by atoms with E-state index in [-0.39, 0.29) is 11.7 Å². The minimum Gasteiger partial charge on any atom is -0.356 e. The molecular formula is C23H25FN4OS. The van der Waals surface area contributed by atoms with Gasteiger partial charge in [0.2, 0.25) is 5.91 Å². The molecule has 1 amide bonds. The number of nitrogens with one attached hydrogen (secondary N) is 1. The first-order valence-corrected chi connectivity index (χ1v) is 10.8. The van der Waals surface area contributed by atoms with Gasteiger partial charge in [-0.25, -0.2) is 4.39 Å². The second kappa shape index (κ2) is 10.7. The fraction of sp³-hybridized carbons (Fsp3) is 0.261. The van der Waals surface area contributed by atoms with Crippen LogP contribution in [0.3, 0.4) is 0 Å². The highest BCUT2D eigenvalue weighted by atomic mass is 32.2. The molecule has 1 N–H and O–H groups in total. The SMILES string of the molecule is C=CCCC(=O)NCCc1nnc(SCc2ccccc2C)n1-c1ccc(F)cc1. The molecule has 0 radical (unpaired) electrons. The Hall–Kier alpha value is -2.93. The van der Waals surface area contributed by atoms with Crippen LogP contribution in [0.1, 0.15) is 29.8 Å². The third kappa shape index (κ3) is 5.79. The average molecular weight is 425 g/mol. The Morgan fingerprint density at radius 3 is 2.70 bits per heavy atom. The molecular weight excluding hydrogens is 399 g/mol. The van der Waals surface area contributed by atoms with E-state index in [0.717, 1.165) is 22.4 Å². The van der Waals surface area contributed by atoms with E-state index in [4.69, 9.17) is 0 Å². The van der Waals surface area contributed by atoms with Crippen molar-refractivity contribution in [3.05, 3.63) is 84.0 Å². The molecule has 0 atom stereocenters. The Labute approximate surface area is 180 Å². The van der Waals surface area contributed by atoms with Crippen LogP contribution in [-0.4, -0.2) is 27.2 Å². The smallest absolute Gasteiger partial charge is 0.220 e. The van der Waals surface area contributed by atoms with Crippen molar-refractivity contribution in [3.8, 4) is 5.69 Å². The molecule has 0 saturated heterocycles. The first-order valence-electron chi connectivity index (χ1n) is 9.83. The third-order valence-electron chi connectivity index (χ3n) is 4.65. The van der Waals surface area contributed by atoms with Gasteiger partial charge in [-0.2, -0.15) is 0 Å². The summed E-state index contributed by atoms with van der Waals surface area (Å²) in [6, 6.07) is 14.5. The highest BCUT2D eigenvalue weighted by Gasteiger charge is 2.15. The number of nitrogens with zero attached hydrogens (tertiary/aromatic N) is 3. The molecule has 2 aromatic carbocycles. The van der Waals surface area contributed by atoms with Crippen LogP contribution < -0.4 is 5.32 Å². The number of allylic oxidation sites excluding steroid dienone is 1. The van der Waals surface area contributed by atoms with E-state index in [2.05, 4.69) is 41.1 Å². The van der Waals surface area contributed by atoms with Crippen molar-refractivity contribution in [2.24, 2.45) is 0 Å². The zero-order chi connectivity index (χ0) is 21.3. The molecule has 3 rings (SSSR count). The van der Waals surface area contributed by atoms with Crippen LogP contribution in [0.2, 0.25) is 0 Å². The Morgan fingerprint density at radius 1 is 1.20 bits per heavy atom. The van der Waals surface area contributed by atoms with Gasteiger partial charge in [-0.1, -0.05) is 42.1 Å². The number of aryl methyl sites for hydroxylation is 1. The van der Waals surface area contributed by atoms with Crippen LogP contribution in [0.25, 0.3) is 5.69 Å². The van der Waals surface area contributed by atoms with Gasteiger partial charge in [0.1, 0.15) is 11.6 Å². The molecule has 5 nitrogen and oxygen atoms in total. The molecule has 0 aliphatic heterocycles. The van der Waals surface area contributed by atoms with E-state index in [0.29, 0.717) is 25.8 Å². The number of aromatic nitrogens is 3. The Balaban J connectivity index is 1.77. The number of amides is 1. The van der Waals surface area contributed by atoms with Crippen LogP contribution >= 0.6 is 11.8 Å². The van der Waals surface area contributed by atoms with E-state index < -0.39 is 0 Å². The summed E-state index contributed by atoms with van der Waals surface area (Å²) < 4.78 is 15.4. The minimum atomic E-state index is -0.294. The second-order valence-electron chi connectivity index (χ2n) is 6.85. The normalized spacial score (nSPS) is 10.7. The minimum absolute atomic E-state index is 0.0168. The molecule has 0 fully saturated rings. The van der Waals surface area contributed by atoms with Gasteiger partial charge in [0.05, 0.1) is 0 Å². The maximum atomic E-state index is 13.4. The predicted molar refractivity (Wildman–Crippen MR) is 118 cm³/mol. The van der Waals surface area contributed by atoms with Gasteiger partial charge in [-0.05, 0) is 48.7 Å². The van der Waals surface area contributed by atoms with Gasteiger partial charge >= 0.3 is 0 Å². The van der Waals surface area contributed by atoms with Crippen LogP contribution in [0.4, 0.5) is 4.39 Å². The monoisotopic (exact) mass is 424 g/mol. The fourth-order valence-corrected chi connectivity index (χ4v) is 4.00.